The van der Waals surface area contributed by atoms with E-state index in [1.807, 2.05) is 0 Å². The summed E-state index contributed by atoms with van der Waals surface area (Å²) in [6, 6.07) is 1.87. The molecule has 1 aliphatic rings. The van der Waals surface area contributed by atoms with Crippen molar-refractivity contribution < 1.29 is 4.52 Å². The summed E-state index contributed by atoms with van der Waals surface area (Å²) in [5.41, 5.74) is 2.79. The van der Waals surface area contributed by atoms with Crippen LogP contribution in [-0.4, -0.2) is 40.1 Å². The zero-order chi connectivity index (χ0) is 20.0. The van der Waals surface area contributed by atoms with Crippen LogP contribution in [-0.2, 0) is 4.52 Å². The quantitative estimate of drug-likeness (QED) is 0.306. The van der Waals surface area contributed by atoms with E-state index in [9.17, 15) is 0 Å². The Kier molecular flexibility index (Phi) is 10.0. The highest BCUT2D eigenvalue weighted by Crippen LogP contribution is 2.51. The molecule has 0 heterocycles. The average molecular weight is 383 g/mol. The zero-order valence-electron chi connectivity index (χ0n) is 18.7. The fraction of sp³-hybridized carbons (Fsp3) is 0.818. The first kappa shape index (κ1) is 23.8. The third kappa shape index (κ3) is 6.75. The van der Waals surface area contributed by atoms with E-state index in [4.69, 9.17) is 4.52 Å². The molecule has 152 valence electrons. The van der Waals surface area contributed by atoms with Crippen molar-refractivity contribution in [2.45, 2.75) is 106 Å². The lowest BCUT2D eigenvalue weighted by Gasteiger charge is -2.45. The highest BCUT2D eigenvalue weighted by Gasteiger charge is 2.34. The lowest BCUT2D eigenvalue weighted by molar-refractivity contribution is 0.193. The maximum absolute atomic E-state index is 6.67. The summed E-state index contributed by atoms with van der Waals surface area (Å²) in [5.74, 6) is 0.658. The molecule has 0 N–H and O–H groups in total. The first-order chi connectivity index (χ1) is 12.1. The first-order valence-corrected chi connectivity index (χ1v) is 11.6. The Bertz CT molecular complexity index is 435. The van der Waals surface area contributed by atoms with Gasteiger partial charge in [0.05, 0.1) is 6.61 Å². The van der Waals surface area contributed by atoms with E-state index in [0.717, 1.165) is 19.4 Å². The molecule has 0 saturated carbocycles. The predicted molar refractivity (Wildman–Crippen MR) is 117 cm³/mol. The van der Waals surface area contributed by atoms with Crippen LogP contribution in [0.1, 0.15) is 81.6 Å². The van der Waals surface area contributed by atoms with E-state index < -0.39 is 8.45 Å². The van der Waals surface area contributed by atoms with Crippen molar-refractivity contribution in [3.63, 3.8) is 0 Å². The van der Waals surface area contributed by atoms with Gasteiger partial charge < -0.3 is 4.52 Å². The molecule has 0 aromatic heterocycles. The van der Waals surface area contributed by atoms with Gasteiger partial charge in [-0.2, -0.15) is 0 Å². The zero-order valence-corrected chi connectivity index (χ0v) is 19.6. The average Bonchev–Trinajstić information content (AvgIpc) is 2.51. The number of rotatable bonds is 10. The number of nitrogens with zero attached hydrogens (tertiary/aromatic N) is 2. The van der Waals surface area contributed by atoms with Gasteiger partial charge in [0.1, 0.15) is 0 Å². The summed E-state index contributed by atoms with van der Waals surface area (Å²) < 4.78 is 11.8. The van der Waals surface area contributed by atoms with Crippen molar-refractivity contribution in [1.29, 1.82) is 0 Å². The molecule has 0 aromatic carbocycles. The summed E-state index contributed by atoms with van der Waals surface area (Å²) in [6.45, 7) is 25.3. The highest BCUT2D eigenvalue weighted by molar-refractivity contribution is 7.47. The predicted octanol–water partition coefficient (Wildman–Crippen LogP) is 6.77. The fourth-order valence-corrected chi connectivity index (χ4v) is 6.21. The van der Waals surface area contributed by atoms with Crippen LogP contribution in [0.5, 0.6) is 0 Å². The molecule has 1 aliphatic carbocycles. The third-order valence-corrected chi connectivity index (χ3v) is 8.08. The van der Waals surface area contributed by atoms with E-state index >= 15 is 0 Å². The number of allylic oxidation sites excluding steroid dienone is 2. The van der Waals surface area contributed by atoms with Crippen LogP contribution in [0.4, 0.5) is 0 Å². The number of hydrogen-bond acceptors (Lipinski definition) is 3. The van der Waals surface area contributed by atoms with Crippen LogP contribution in [0.3, 0.4) is 0 Å². The van der Waals surface area contributed by atoms with Gasteiger partial charge in [-0.3, -0.25) is 0 Å². The molecule has 0 fully saturated rings. The van der Waals surface area contributed by atoms with Gasteiger partial charge in [-0.15, -0.1) is 0 Å². The van der Waals surface area contributed by atoms with Crippen molar-refractivity contribution in [1.82, 2.24) is 9.34 Å². The van der Waals surface area contributed by atoms with Gasteiger partial charge in [0.15, 0.2) is 8.45 Å². The van der Waals surface area contributed by atoms with E-state index in [1.165, 1.54) is 17.6 Å². The summed E-state index contributed by atoms with van der Waals surface area (Å²) in [6.07, 6.45) is 5.90. The van der Waals surface area contributed by atoms with Gasteiger partial charge in [0.25, 0.3) is 0 Å². The molecule has 0 saturated heterocycles. The normalized spacial score (nSPS) is 18.9. The molecule has 1 rings (SSSR count). The van der Waals surface area contributed by atoms with E-state index in [2.05, 4.69) is 84.3 Å². The molecule has 0 aromatic rings. The van der Waals surface area contributed by atoms with Crippen molar-refractivity contribution in [2.24, 2.45) is 5.92 Å². The van der Waals surface area contributed by atoms with E-state index in [0.29, 0.717) is 30.1 Å². The Morgan fingerprint density at radius 2 is 1.50 bits per heavy atom. The standard InChI is InChI=1S/C22H43N2OP/c1-16(2)22-13-11-21(12-14-22)15-25-26(23(17(3)4)18(5)6)24(19(7)8)20(9)10/h11,17-20,22H,1,12-15H2,2-10H3/t22-/m0/s1. The second kappa shape index (κ2) is 11.0. The SMILES string of the molecule is C=C(C)[C@H]1CC=C(COP(N(C(C)C)C(C)C)N(C(C)C)C(C)C)CC1. The minimum atomic E-state index is -0.785. The lowest BCUT2D eigenvalue weighted by Crippen LogP contribution is -2.43. The highest BCUT2D eigenvalue weighted by atomic mass is 31.2. The monoisotopic (exact) mass is 382 g/mol. The van der Waals surface area contributed by atoms with Crippen molar-refractivity contribution in [3.05, 3.63) is 23.8 Å². The number of hydrogen-bond donors (Lipinski definition) is 0. The van der Waals surface area contributed by atoms with E-state index in [1.54, 1.807) is 0 Å². The molecule has 0 unspecified atom stereocenters. The molecule has 0 radical (unpaired) electrons. The minimum Gasteiger partial charge on any atom is -0.327 e. The Morgan fingerprint density at radius 1 is 1.04 bits per heavy atom. The van der Waals surface area contributed by atoms with Gasteiger partial charge in [-0.1, -0.05) is 18.2 Å². The molecule has 26 heavy (non-hydrogen) atoms. The molecule has 4 heteroatoms. The van der Waals surface area contributed by atoms with Gasteiger partial charge in [-0.05, 0) is 93.1 Å². The lowest BCUT2D eigenvalue weighted by atomic mass is 9.86. The second-order valence-corrected chi connectivity index (χ2v) is 10.5. The van der Waals surface area contributed by atoms with Gasteiger partial charge in [0.2, 0.25) is 0 Å². The van der Waals surface area contributed by atoms with Crippen LogP contribution in [0.2, 0.25) is 0 Å². The molecule has 0 amide bonds. The molecular weight excluding hydrogens is 339 g/mol. The summed E-state index contributed by atoms with van der Waals surface area (Å²) >= 11 is 0. The van der Waals surface area contributed by atoms with E-state index in [-0.39, 0.29) is 0 Å². The first-order valence-electron chi connectivity index (χ1n) is 10.4. The Balaban J connectivity index is 2.94. The van der Waals surface area contributed by atoms with Crippen molar-refractivity contribution in [3.8, 4) is 0 Å². The summed E-state index contributed by atoms with van der Waals surface area (Å²) in [5, 5.41) is 0. The van der Waals surface area contributed by atoms with Crippen LogP contribution < -0.4 is 0 Å². The van der Waals surface area contributed by atoms with Crippen molar-refractivity contribution in [2.75, 3.05) is 6.61 Å². The van der Waals surface area contributed by atoms with Crippen LogP contribution in [0, 0.1) is 5.92 Å². The smallest absolute Gasteiger partial charge is 0.189 e. The molecule has 3 nitrogen and oxygen atoms in total. The molecule has 0 aliphatic heterocycles. The largest absolute Gasteiger partial charge is 0.327 e. The van der Waals surface area contributed by atoms with Gasteiger partial charge >= 0.3 is 0 Å². The third-order valence-electron chi connectivity index (χ3n) is 5.08. The maximum atomic E-state index is 6.67. The van der Waals surface area contributed by atoms with Crippen LogP contribution in [0.25, 0.3) is 0 Å². The molecule has 0 spiro atoms. The maximum Gasteiger partial charge on any atom is 0.189 e. The van der Waals surface area contributed by atoms with Crippen LogP contribution >= 0.6 is 8.45 Å². The van der Waals surface area contributed by atoms with Crippen molar-refractivity contribution >= 4 is 8.45 Å². The summed E-state index contributed by atoms with van der Waals surface area (Å²) in [4.78, 5) is 0. The minimum absolute atomic E-state index is 0.467. The van der Waals surface area contributed by atoms with Gasteiger partial charge in [0, 0.05) is 24.2 Å². The summed E-state index contributed by atoms with van der Waals surface area (Å²) in [7, 11) is -0.785. The molecule has 0 bridgehead atoms. The second-order valence-electron chi connectivity index (χ2n) is 8.84. The Labute approximate surface area is 164 Å². The Morgan fingerprint density at radius 3 is 1.81 bits per heavy atom. The molecular formula is C22H43N2OP. The fourth-order valence-electron chi connectivity index (χ4n) is 3.84. The Hall–Kier alpha value is -0.210. The van der Waals surface area contributed by atoms with Crippen LogP contribution in [0.15, 0.2) is 23.8 Å². The topological polar surface area (TPSA) is 15.7 Å². The van der Waals surface area contributed by atoms with Gasteiger partial charge in [-0.25, -0.2) is 9.34 Å². The molecule has 1 atom stereocenters.